The number of carbonyl (C=O) groups excluding carboxylic acids is 1. The van der Waals surface area contributed by atoms with Crippen molar-refractivity contribution in [1.29, 1.82) is 0 Å². The first-order chi connectivity index (χ1) is 9.22. The van der Waals surface area contributed by atoms with Crippen molar-refractivity contribution < 1.29 is 4.79 Å². The van der Waals surface area contributed by atoms with Gasteiger partial charge in [-0.25, -0.2) is 0 Å². The Kier molecular flexibility index (Phi) is 8.71. The second-order valence-corrected chi connectivity index (χ2v) is 6.28. The summed E-state index contributed by atoms with van der Waals surface area (Å²) in [6, 6.07) is 0. The summed E-state index contributed by atoms with van der Waals surface area (Å²) in [5.41, 5.74) is 0. The highest BCUT2D eigenvalue weighted by atomic mass is 79.9. The lowest BCUT2D eigenvalue weighted by atomic mass is 9.96. The second kappa shape index (κ2) is 9.76. The lowest BCUT2D eigenvalue weighted by molar-refractivity contribution is -0.135. The van der Waals surface area contributed by atoms with Gasteiger partial charge in [-0.2, -0.15) is 0 Å². The van der Waals surface area contributed by atoms with Gasteiger partial charge in [0.1, 0.15) is 0 Å². The molecule has 1 aliphatic heterocycles. The van der Waals surface area contributed by atoms with Crippen LogP contribution in [-0.2, 0) is 4.79 Å². The van der Waals surface area contributed by atoms with Crippen molar-refractivity contribution in [1.82, 2.24) is 9.80 Å². The third kappa shape index (κ3) is 5.82. The average molecular weight is 333 g/mol. The lowest BCUT2D eigenvalue weighted by Crippen LogP contribution is -2.39. The fraction of sp³-hybridized carbons (Fsp3) is 0.933. The molecule has 1 amide bonds. The van der Waals surface area contributed by atoms with Gasteiger partial charge in [0, 0.05) is 37.4 Å². The van der Waals surface area contributed by atoms with Crippen molar-refractivity contribution in [3.63, 3.8) is 0 Å². The molecule has 0 N–H and O–H groups in total. The molecule has 0 radical (unpaired) electrons. The molecule has 1 aliphatic rings. The zero-order chi connectivity index (χ0) is 14.1. The number of nitrogens with zero attached hydrogens (tertiary/aromatic N) is 2. The van der Waals surface area contributed by atoms with Crippen molar-refractivity contribution >= 4 is 21.8 Å². The molecule has 4 heteroatoms. The first-order valence-electron chi connectivity index (χ1n) is 7.80. The van der Waals surface area contributed by atoms with E-state index >= 15 is 0 Å². The van der Waals surface area contributed by atoms with Crippen LogP contribution < -0.4 is 0 Å². The fourth-order valence-electron chi connectivity index (χ4n) is 2.88. The normalized spacial score (nSPS) is 17.8. The molecule has 0 aromatic carbocycles. The maximum atomic E-state index is 12.6. The Labute approximate surface area is 126 Å². The molecular formula is C15H29BrN2O. The van der Waals surface area contributed by atoms with E-state index in [1.807, 2.05) is 0 Å². The predicted molar refractivity (Wildman–Crippen MR) is 84.7 cm³/mol. The molecule has 1 fully saturated rings. The summed E-state index contributed by atoms with van der Waals surface area (Å²) < 4.78 is 0. The van der Waals surface area contributed by atoms with Crippen LogP contribution in [-0.4, -0.2) is 53.8 Å². The van der Waals surface area contributed by atoms with E-state index in [9.17, 15) is 4.79 Å². The molecule has 1 saturated heterocycles. The summed E-state index contributed by atoms with van der Waals surface area (Å²) >= 11 is 3.50. The van der Waals surface area contributed by atoms with Gasteiger partial charge in [0.05, 0.1) is 0 Å². The Morgan fingerprint density at radius 2 is 1.79 bits per heavy atom. The largest absolute Gasteiger partial charge is 0.341 e. The minimum absolute atomic E-state index is 0.262. The maximum absolute atomic E-state index is 12.6. The van der Waals surface area contributed by atoms with Crippen LogP contribution in [0.2, 0.25) is 0 Å². The minimum Gasteiger partial charge on any atom is -0.341 e. The standard InChI is InChI=1S/C15H29BrN2O/c1-3-6-14(7-4-2)15(19)18-10-5-9-17(11-8-16)12-13-18/h14H,3-13H2,1-2H3. The van der Waals surface area contributed by atoms with Gasteiger partial charge in [-0.15, -0.1) is 0 Å². The van der Waals surface area contributed by atoms with Crippen LogP contribution in [0.15, 0.2) is 0 Å². The van der Waals surface area contributed by atoms with Gasteiger partial charge in [-0.1, -0.05) is 42.6 Å². The number of halogens is 1. The zero-order valence-electron chi connectivity index (χ0n) is 12.5. The second-order valence-electron chi connectivity index (χ2n) is 5.48. The van der Waals surface area contributed by atoms with Crippen molar-refractivity contribution in [2.24, 2.45) is 5.92 Å². The van der Waals surface area contributed by atoms with Gasteiger partial charge >= 0.3 is 0 Å². The molecule has 0 aliphatic carbocycles. The summed E-state index contributed by atoms with van der Waals surface area (Å²) in [5.74, 6) is 0.669. The van der Waals surface area contributed by atoms with Gasteiger partial charge in [0.25, 0.3) is 0 Å². The predicted octanol–water partition coefficient (Wildman–Crippen LogP) is 3.13. The van der Waals surface area contributed by atoms with E-state index < -0.39 is 0 Å². The number of rotatable bonds is 7. The van der Waals surface area contributed by atoms with Gasteiger partial charge in [-0.3, -0.25) is 4.79 Å². The van der Waals surface area contributed by atoms with E-state index in [4.69, 9.17) is 0 Å². The Bertz CT molecular complexity index is 255. The summed E-state index contributed by atoms with van der Waals surface area (Å²) in [6.07, 6.45) is 5.44. The molecule has 0 aromatic heterocycles. The molecule has 19 heavy (non-hydrogen) atoms. The van der Waals surface area contributed by atoms with E-state index in [0.29, 0.717) is 5.91 Å². The number of carbonyl (C=O) groups is 1. The van der Waals surface area contributed by atoms with Crippen molar-refractivity contribution in [3.8, 4) is 0 Å². The van der Waals surface area contributed by atoms with Crippen molar-refractivity contribution in [3.05, 3.63) is 0 Å². The Morgan fingerprint density at radius 3 is 2.37 bits per heavy atom. The number of hydrogen-bond donors (Lipinski definition) is 0. The molecule has 0 saturated carbocycles. The summed E-state index contributed by atoms with van der Waals surface area (Å²) in [4.78, 5) is 17.2. The van der Waals surface area contributed by atoms with E-state index in [0.717, 1.165) is 70.2 Å². The van der Waals surface area contributed by atoms with Gasteiger partial charge in [0.15, 0.2) is 0 Å². The molecule has 1 rings (SSSR count). The third-order valence-electron chi connectivity index (χ3n) is 3.92. The van der Waals surface area contributed by atoms with Crippen molar-refractivity contribution in [2.45, 2.75) is 46.0 Å². The Morgan fingerprint density at radius 1 is 1.11 bits per heavy atom. The van der Waals surface area contributed by atoms with Crippen LogP contribution in [0, 0.1) is 5.92 Å². The number of amides is 1. The quantitative estimate of drug-likeness (QED) is 0.668. The van der Waals surface area contributed by atoms with E-state index in [1.165, 1.54) is 0 Å². The summed E-state index contributed by atoms with van der Waals surface area (Å²) in [5, 5.41) is 1.02. The molecule has 3 nitrogen and oxygen atoms in total. The fourth-order valence-corrected chi connectivity index (χ4v) is 3.38. The molecule has 0 spiro atoms. The van der Waals surface area contributed by atoms with Crippen LogP contribution in [0.5, 0.6) is 0 Å². The SMILES string of the molecule is CCCC(CCC)C(=O)N1CCCN(CCBr)CC1. The molecule has 0 unspecified atom stereocenters. The van der Waals surface area contributed by atoms with Gasteiger partial charge in [-0.05, 0) is 25.8 Å². The molecule has 0 bridgehead atoms. The molecule has 0 aromatic rings. The van der Waals surface area contributed by atoms with Gasteiger partial charge in [0.2, 0.25) is 5.91 Å². The number of alkyl halides is 1. The molecular weight excluding hydrogens is 304 g/mol. The Hall–Kier alpha value is -0.0900. The van der Waals surface area contributed by atoms with E-state index in [1.54, 1.807) is 0 Å². The highest BCUT2D eigenvalue weighted by Crippen LogP contribution is 2.18. The molecule has 112 valence electrons. The van der Waals surface area contributed by atoms with E-state index in [2.05, 4.69) is 39.6 Å². The topological polar surface area (TPSA) is 23.6 Å². The third-order valence-corrected chi connectivity index (χ3v) is 4.28. The van der Waals surface area contributed by atoms with Gasteiger partial charge < -0.3 is 9.80 Å². The van der Waals surface area contributed by atoms with Crippen LogP contribution in [0.1, 0.15) is 46.0 Å². The zero-order valence-corrected chi connectivity index (χ0v) is 14.1. The maximum Gasteiger partial charge on any atom is 0.225 e. The molecule has 1 heterocycles. The minimum atomic E-state index is 0.262. The number of hydrogen-bond acceptors (Lipinski definition) is 2. The summed E-state index contributed by atoms with van der Waals surface area (Å²) in [6.45, 7) is 9.46. The highest BCUT2D eigenvalue weighted by molar-refractivity contribution is 9.09. The monoisotopic (exact) mass is 332 g/mol. The smallest absolute Gasteiger partial charge is 0.225 e. The average Bonchev–Trinajstić information content (AvgIpc) is 2.64. The van der Waals surface area contributed by atoms with Crippen LogP contribution in [0.4, 0.5) is 0 Å². The molecule has 0 atom stereocenters. The lowest BCUT2D eigenvalue weighted by Gasteiger charge is -2.26. The highest BCUT2D eigenvalue weighted by Gasteiger charge is 2.24. The summed E-state index contributed by atoms with van der Waals surface area (Å²) in [7, 11) is 0. The first kappa shape index (κ1) is 17.0. The van der Waals surface area contributed by atoms with Crippen LogP contribution >= 0.6 is 15.9 Å². The van der Waals surface area contributed by atoms with Crippen LogP contribution in [0.3, 0.4) is 0 Å². The first-order valence-corrected chi connectivity index (χ1v) is 8.92. The Balaban J connectivity index is 2.50. The van der Waals surface area contributed by atoms with E-state index in [-0.39, 0.29) is 5.92 Å². The van der Waals surface area contributed by atoms with Crippen LogP contribution in [0.25, 0.3) is 0 Å². The van der Waals surface area contributed by atoms with Crippen molar-refractivity contribution in [2.75, 3.05) is 38.1 Å².